The van der Waals surface area contributed by atoms with E-state index < -0.39 is 11.8 Å². The minimum atomic E-state index is -0.734. The summed E-state index contributed by atoms with van der Waals surface area (Å²) in [6.45, 7) is 6.94. The Labute approximate surface area is 168 Å². The molecule has 0 spiro atoms. The summed E-state index contributed by atoms with van der Waals surface area (Å²) in [7, 11) is 7.31. The molecule has 0 aliphatic heterocycles. The fourth-order valence-electron chi connectivity index (χ4n) is 2.41. The van der Waals surface area contributed by atoms with Crippen molar-refractivity contribution >= 4 is 33.3 Å². The van der Waals surface area contributed by atoms with Crippen LogP contribution in [0.3, 0.4) is 0 Å². The molecule has 1 aromatic rings. The molecule has 0 bridgehead atoms. The average Bonchev–Trinajstić information content (AvgIpc) is 2.67. The van der Waals surface area contributed by atoms with Gasteiger partial charge in [-0.3, -0.25) is 4.79 Å². The van der Waals surface area contributed by atoms with E-state index in [9.17, 15) is 4.79 Å². The topological polar surface area (TPSA) is 26.3 Å². The zero-order chi connectivity index (χ0) is 19.8. The molecule has 0 aromatic heterocycles. The highest BCUT2D eigenvalue weighted by Gasteiger charge is 2.14. The van der Waals surface area contributed by atoms with Crippen LogP contribution in [0.4, 0.5) is 0 Å². The quantitative estimate of drug-likeness (QED) is 0.239. The van der Waals surface area contributed by atoms with Gasteiger partial charge in [-0.15, -0.1) is 7.92 Å². The van der Waals surface area contributed by atoms with Crippen LogP contribution in [0.25, 0.3) is 0 Å². The summed E-state index contributed by atoms with van der Waals surface area (Å²) >= 11 is 5.67. The smallest absolute Gasteiger partial charge is 0.304 e. The highest BCUT2D eigenvalue weighted by Crippen LogP contribution is 2.38. The number of carbonyl (C=O) groups is 1. The fourth-order valence-corrected chi connectivity index (χ4v) is 5.50. The zero-order valence-corrected chi connectivity index (χ0v) is 18.6. The molecule has 1 rings (SSSR count). The number of unbranched alkanes of at least 4 members (excludes halogenated alkanes) is 3. The Morgan fingerprint density at radius 2 is 1.42 bits per heavy atom. The van der Waals surface area contributed by atoms with Gasteiger partial charge in [0.2, 0.25) is 0 Å². The molecule has 0 amide bonds. The molecule has 1 atom stereocenters. The van der Waals surface area contributed by atoms with Crippen molar-refractivity contribution in [3.8, 4) is 0 Å². The summed E-state index contributed by atoms with van der Waals surface area (Å²) in [5, 5.41) is 0.612. The molecule has 0 fully saturated rings. The normalized spacial score (nSPS) is 11.6. The maximum absolute atomic E-state index is 11.0. The molecular weight excluding hydrogens is 361 g/mol. The Morgan fingerprint density at radius 3 is 1.77 bits per heavy atom. The summed E-state index contributed by atoms with van der Waals surface area (Å²) in [6, 6.07) is 6.76. The molecule has 0 heterocycles. The van der Waals surface area contributed by atoms with E-state index in [1.165, 1.54) is 45.6 Å². The number of rotatable bonds is 11. The molecule has 0 N–H and O–H groups in total. The number of halogens is 1. The van der Waals surface area contributed by atoms with E-state index in [2.05, 4.69) is 25.5 Å². The number of esters is 1. The van der Waals surface area contributed by atoms with Gasteiger partial charge in [-0.05, 0) is 55.4 Å². The minimum Gasteiger partial charge on any atom is -0.469 e. The summed E-state index contributed by atoms with van der Waals surface area (Å²) in [5.74, 6) is -1.19. The van der Waals surface area contributed by atoms with E-state index in [4.69, 9.17) is 19.4 Å². The third-order valence-corrected chi connectivity index (χ3v) is 7.27. The lowest BCUT2D eigenvalue weighted by molar-refractivity contribution is -0.140. The molecule has 2 nitrogen and oxygen atoms in total. The van der Waals surface area contributed by atoms with Crippen LogP contribution in [0, 0.1) is 0 Å². The van der Waals surface area contributed by atoms with Crippen molar-refractivity contribution in [2.45, 2.75) is 65.1 Å². The standard InChI is InChI=1S/C12H27P.C9H8BClO2/c1-4-7-10-13(11-8-5-2)12-9-6-3;1-13-9(12)8(10)6-2-4-7(11)5-3-6/h4-12H2,1-3H3;2-5,8H,1H3. The van der Waals surface area contributed by atoms with Gasteiger partial charge in [0.1, 0.15) is 0 Å². The predicted octanol–water partition coefficient (Wildman–Crippen LogP) is 6.59. The van der Waals surface area contributed by atoms with Crippen LogP contribution < -0.4 is 0 Å². The van der Waals surface area contributed by atoms with Crippen LogP contribution in [0.2, 0.25) is 5.02 Å². The van der Waals surface area contributed by atoms with Crippen molar-refractivity contribution in [1.82, 2.24) is 0 Å². The Bertz CT molecular complexity index is 449. The Balaban J connectivity index is 0.000000481. The molecule has 5 heteroatoms. The van der Waals surface area contributed by atoms with Gasteiger partial charge in [0.25, 0.3) is 0 Å². The van der Waals surface area contributed by atoms with E-state index in [0.29, 0.717) is 18.5 Å². The van der Waals surface area contributed by atoms with Crippen molar-refractivity contribution in [2.24, 2.45) is 0 Å². The number of carbonyl (C=O) groups excluding carboxylic acids is 1. The maximum atomic E-state index is 11.0. The van der Waals surface area contributed by atoms with E-state index in [0.717, 1.165) is 0 Å². The second-order valence-corrected chi connectivity index (χ2v) is 9.57. The van der Waals surface area contributed by atoms with E-state index in [1.54, 1.807) is 42.8 Å². The molecule has 1 aromatic carbocycles. The molecule has 0 aliphatic rings. The Morgan fingerprint density at radius 1 is 1.00 bits per heavy atom. The van der Waals surface area contributed by atoms with Crippen LogP contribution in [0.15, 0.2) is 24.3 Å². The molecule has 0 aliphatic carbocycles. The highest BCUT2D eigenvalue weighted by atomic mass is 35.5. The SMILES string of the molecule is CCCCP(CCCC)CCCC.[B]C(C(=O)OC)c1ccc(Cl)cc1. The Kier molecular flexibility index (Phi) is 16.3. The third-order valence-electron chi connectivity index (χ3n) is 4.17. The zero-order valence-electron chi connectivity index (χ0n) is 17.0. The van der Waals surface area contributed by atoms with E-state index >= 15 is 0 Å². The van der Waals surface area contributed by atoms with Gasteiger partial charge in [-0.25, -0.2) is 0 Å². The Hall–Kier alpha value is -0.525. The van der Waals surface area contributed by atoms with Crippen LogP contribution in [-0.4, -0.2) is 39.4 Å². The van der Waals surface area contributed by atoms with Crippen molar-refractivity contribution < 1.29 is 9.53 Å². The van der Waals surface area contributed by atoms with Gasteiger partial charge < -0.3 is 4.74 Å². The molecule has 0 saturated heterocycles. The second-order valence-electron chi connectivity index (χ2n) is 6.45. The number of ether oxygens (including phenoxy) is 1. The summed E-state index contributed by atoms with van der Waals surface area (Å²) in [4.78, 5) is 11.0. The lowest BCUT2D eigenvalue weighted by atomic mass is 9.81. The molecule has 2 radical (unpaired) electrons. The van der Waals surface area contributed by atoms with Crippen molar-refractivity contribution in [3.63, 3.8) is 0 Å². The van der Waals surface area contributed by atoms with Gasteiger partial charge in [-0.2, -0.15) is 0 Å². The summed E-state index contributed by atoms with van der Waals surface area (Å²) in [5.41, 5.74) is 0.691. The molecule has 0 saturated carbocycles. The van der Waals surface area contributed by atoms with Gasteiger partial charge in [-0.1, -0.05) is 63.8 Å². The number of hydrogen-bond donors (Lipinski definition) is 0. The van der Waals surface area contributed by atoms with Crippen LogP contribution in [0.5, 0.6) is 0 Å². The first-order valence-corrected chi connectivity index (χ1v) is 12.1. The first-order chi connectivity index (χ1) is 12.5. The van der Waals surface area contributed by atoms with Crippen molar-refractivity contribution in [1.29, 1.82) is 0 Å². The number of benzene rings is 1. The molecule has 146 valence electrons. The summed E-state index contributed by atoms with van der Waals surface area (Å²) < 4.78 is 4.50. The molecule has 26 heavy (non-hydrogen) atoms. The van der Waals surface area contributed by atoms with Gasteiger partial charge in [0, 0.05) is 10.8 Å². The molecule has 1 unspecified atom stereocenters. The van der Waals surface area contributed by atoms with E-state index in [1.807, 2.05) is 0 Å². The van der Waals surface area contributed by atoms with Crippen LogP contribution in [0.1, 0.15) is 70.7 Å². The highest BCUT2D eigenvalue weighted by molar-refractivity contribution is 7.57. The number of hydrogen-bond acceptors (Lipinski definition) is 2. The van der Waals surface area contributed by atoms with Crippen LogP contribution >= 0.6 is 19.5 Å². The van der Waals surface area contributed by atoms with Crippen LogP contribution in [-0.2, 0) is 9.53 Å². The monoisotopic (exact) mass is 396 g/mol. The van der Waals surface area contributed by atoms with Crippen molar-refractivity contribution in [3.05, 3.63) is 34.9 Å². The van der Waals surface area contributed by atoms with Gasteiger partial charge >= 0.3 is 5.97 Å². The first-order valence-electron chi connectivity index (χ1n) is 9.81. The largest absolute Gasteiger partial charge is 0.469 e. The minimum absolute atomic E-state index is 0.422. The lowest BCUT2D eigenvalue weighted by Gasteiger charge is -2.16. The van der Waals surface area contributed by atoms with Gasteiger partial charge in [0.15, 0.2) is 0 Å². The third kappa shape index (κ3) is 12.0. The van der Waals surface area contributed by atoms with E-state index in [-0.39, 0.29) is 0 Å². The average molecular weight is 397 g/mol. The molecular formula is C21H35BClO2P. The number of methoxy groups -OCH3 is 1. The summed E-state index contributed by atoms with van der Waals surface area (Å²) in [6.07, 6.45) is 13.2. The fraction of sp³-hybridized carbons (Fsp3) is 0.667. The lowest BCUT2D eigenvalue weighted by Crippen LogP contribution is -2.13. The first kappa shape index (κ1) is 25.5. The van der Waals surface area contributed by atoms with Crippen molar-refractivity contribution in [2.75, 3.05) is 25.6 Å². The second kappa shape index (κ2) is 16.6. The maximum Gasteiger partial charge on any atom is 0.304 e. The predicted molar refractivity (Wildman–Crippen MR) is 118 cm³/mol. The van der Waals surface area contributed by atoms with Gasteiger partial charge in [0.05, 0.1) is 15.0 Å².